The normalized spacial score (nSPS) is 19.9. The molecule has 1 N–H and O–H groups in total. The second kappa shape index (κ2) is 5.53. The van der Waals surface area contributed by atoms with Crippen molar-refractivity contribution in [1.29, 1.82) is 0 Å². The van der Waals surface area contributed by atoms with E-state index >= 15 is 0 Å². The molecular weight excluding hydrogens is 240 g/mol. The van der Waals surface area contributed by atoms with Crippen LogP contribution in [0.2, 0.25) is 0 Å². The molecule has 102 valence electrons. The molecule has 1 aliphatic heterocycles. The lowest BCUT2D eigenvalue weighted by Crippen LogP contribution is -2.57. The molecule has 0 aromatic heterocycles. The van der Waals surface area contributed by atoms with Crippen molar-refractivity contribution in [2.24, 2.45) is 0 Å². The van der Waals surface area contributed by atoms with Crippen LogP contribution in [0.5, 0.6) is 0 Å². The maximum Gasteiger partial charge on any atom is 0.246 e. The van der Waals surface area contributed by atoms with E-state index < -0.39 is 0 Å². The van der Waals surface area contributed by atoms with Crippen LogP contribution in [-0.2, 0) is 16.1 Å². The van der Waals surface area contributed by atoms with Gasteiger partial charge in [-0.25, -0.2) is 0 Å². The molecule has 1 atom stereocenters. The molecule has 1 aromatic rings. The van der Waals surface area contributed by atoms with E-state index in [1.807, 2.05) is 39.0 Å². The van der Waals surface area contributed by atoms with Crippen LogP contribution in [0, 0.1) is 13.8 Å². The van der Waals surface area contributed by atoms with Crippen LogP contribution in [0.25, 0.3) is 0 Å². The minimum Gasteiger partial charge on any atom is -0.297 e. The van der Waals surface area contributed by atoms with Gasteiger partial charge in [0.1, 0.15) is 0 Å². The fourth-order valence-electron chi connectivity index (χ4n) is 2.27. The highest BCUT2D eigenvalue weighted by Crippen LogP contribution is 2.15. The molecule has 1 aliphatic rings. The van der Waals surface area contributed by atoms with E-state index in [1.54, 1.807) is 0 Å². The monoisotopic (exact) mass is 260 g/mol. The summed E-state index contributed by atoms with van der Waals surface area (Å²) in [6, 6.07) is 5.81. The molecule has 0 saturated carbocycles. The molecular formula is C15H20N2O2. The standard InChI is InChI=1S/C15H20N2O2/c1-4-13-15(19)17(14(18)8-16-13)9-12-6-5-10(2)11(3)7-12/h5-7,13,16H,4,8-9H2,1-3H3. The molecule has 1 saturated heterocycles. The van der Waals surface area contributed by atoms with Gasteiger partial charge < -0.3 is 0 Å². The molecule has 4 heteroatoms. The highest BCUT2D eigenvalue weighted by Gasteiger charge is 2.32. The molecule has 19 heavy (non-hydrogen) atoms. The summed E-state index contributed by atoms with van der Waals surface area (Å²) in [5, 5.41) is 2.96. The Labute approximate surface area is 113 Å². The van der Waals surface area contributed by atoms with Gasteiger partial charge in [-0.3, -0.25) is 19.8 Å². The van der Waals surface area contributed by atoms with E-state index in [1.165, 1.54) is 16.0 Å². The third kappa shape index (κ3) is 2.84. The maximum absolute atomic E-state index is 12.2. The molecule has 0 radical (unpaired) electrons. The molecule has 0 aliphatic carbocycles. The van der Waals surface area contributed by atoms with Crippen molar-refractivity contribution in [3.05, 3.63) is 34.9 Å². The Morgan fingerprint density at radius 2 is 2.00 bits per heavy atom. The summed E-state index contributed by atoms with van der Waals surface area (Å²) < 4.78 is 0. The number of rotatable bonds is 3. The first kappa shape index (κ1) is 13.7. The second-order valence-electron chi connectivity index (χ2n) is 5.08. The molecule has 0 bridgehead atoms. The van der Waals surface area contributed by atoms with E-state index in [9.17, 15) is 9.59 Å². The van der Waals surface area contributed by atoms with Crippen LogP contribution in [-0.4, -0.2) is 29.3 Å². The number of imide groups is 1. The third-order valence-electron chi connectivity index (χ3n) is 3.69. The Balaban J connectivity index is 2.18. The largest absolute Gasteiger partial charge is 0.297 e. The number of carbonyl (C=O) groups is 2. The van der Waals surface area contributed by atoms with Gasteiger partial charge in [0.2, 0.25) is 11.8 Å². The number of nitrogens with zero attached hydrogens (tertiary/aromatic N) is 1. The molecule has 2 amide bonds. The van der Waals surface area contributed by atoms with Crippen molar-refractivity contribution in [2.45, 2.75) is 39.8 Å². The quantitative estimate of drug-likeness (QED) is 0.839. The number of nitrogens with one attached hydrogen (secondary N) is 1. The zero-order valence-electron chi connectivity index (χ0n) is 11.7. The van der Waals surface area contributed by atoms with Crippen molar-refractivity contribution < 1.29 is 9.59 Å². The lowest BCUT2D eigenvalue weighted by atomic mass is 10.0. The minimum atomic E-state index is -0.232. The maximum atomic E-state index is 12.2. The van der Waals surface area contributed by atoms with Gasteiger partial charge in [0.15, 0.2) is 0 Å². The van der Waals surface area contributed by atoms with E-state index in [0.29, 0.717) is 13.0 Å². The molecule has 4 nitrogen and oxygen atoms in total. The minimum absolute atomic E-state index is 0.114. The number of aryl methyl sites for hydroxylation is 2. The number of hydrogen-bond acceptors (Lipinski definition) is 3. The van der Waals surface area contributed by atoms with Crippen LogP contribution in [0.15, 0.2) is 18.2 Å². The van der Waals surface area contributed by atoms with Gasteiger partial charge in [-0.2, -0.15) is 0 Å². The van der Waals surface area contributed by atoms with Crippen LogP contribution in [0.1, 0.15) is 30.0 Å². The van der Waals surface area contributed by atoms with Crippen molar-refractivity contribution in [2.75, 3.05) is 6.54 Å². The molecule has 0 spiro atoms. The number of benzene rings is 1. The molecule has 2 rings (SSSR count). The Morgan fingerprint density at radius 1 is 1.26 bits per heavy atom. The van der Waals surface area contributed by atoms with Crippen molar-refractivity contribution >= 4 is 11.8 Å². The predicted molar refractivity (Wildman–Crippen MR) is 73.6 cm³/mol. The molecule has 1 fully saturated rings. The first-order valence-electron chi connectivity index (χ1n) is 6.66. The Hall–Kier alpha value is -1.68. The third-order valence-corrected chi connectivity index (χ3v) is 3.69. The average Bonchev–Trinajstić information content (AvgIpc) is 2.39. The fraction of sp³-hybridized carbons (Fsp3) is 0.467. The highest BCUT2D eigenvalue weighted by molar-refractivity contribution is 6.01. The number of piperazine rings is 1. The van der Waals surface area contributed by atoms with Crippen LogP contribution in [0.4, 0.5) is 0 Å². The summed E-state index contributed by atoms with van der Waals surface area (Å²) in [5.74, 6) is -0.259. The van der Waals surface area contributed by atoms with E-state index in [0.717, 1.165) is 5.56 Å². The van der Waals surface area contributed by atoms with Crippen LogP contribution >= 0.6 is 0 Å². The lowest BCUT2D eigenvalue weighted by Gasteiger charge is -2.31. The fourth-order valence-corrected chi connectivity index (χ4v) is 2.27. The first-order chi connectivity index (χ1) is 9.02. The van der Waals surface area contributed by atoms with Crippen molar-refractivity contribution in [3.63, 3.8) is 0 Å². The van der Waals surface area contributed by atoms with Gasteiger partial charge >= 0.3 is 0 Å². The van der Waals surface area contributed by atoms with Crippen molar-refractivity contribution in [1.82, 2.24) is 10.2 Å². The van der Waals surface area contributed by atoms with Crippen molar-refractivity contribution in [3.8, 4) is 0 Å². The van der Waals surface area contributed by atoms with Crippen LogP contribution in [0.3, 0.4) is 0 Å². The predicted octanol–water partition coefficient (Wildman–Crippen LogP) is 1.54. The summed E-state index contributed by atoms with van der Waals surface area (Å²) in [6.45, 7) is 6.65. The highest BCUT2D eigenvalue weighted by atomic mass is 16.2. The summed E-state index contributed by atoms with van der Waals surface area (Å²) >= 11 is 0. The summed E-state index contributed by atoms with van der Waals surface area (Å²) in [7, 11) is 0. The smallest absolute Gasteiger partial charge is 0.246 e. The van der Waals surface area contributed by atoms with E-state index in [-0.39, 0.29) is 24.4 Å². The molecule has 1 aromatic carbocycles. The molecule has 1 unspecified atom stereocenters. The van der Waals surface area contributed by atoms with Gasteiger partial charge in [0, 0.05) is 0 Å². The average molecular weight is 260 g/mol. The number of carbonyl (C=O) groups excluding carboxylic acids is 2. The Bertz CT molecular complexity index is 511. The zero-order chi connectivity index (χ0) is 14.0. The SMILES string of the molecule is CCC1NCC(=O)N(Cc2ccc(C)c(C)c2)C1=O. The Morgan fingerprint density at radius 3 is 2.63 bits per heavy atom. The van der Waals surface area contributed by atoms with Gasteiger partial charge in [0.05, 0.1) is 19.1 Å². The Kier molecular flexibility index (Phi) is 4.00. The zero-order valence-corrected chi connectivity index (χ0v) is 11.7. The van der Waals surface area contributed by atoms with E-state index in [2.05, 4.69) is 5.32 Å². The summed E-state index contributed by atoms with van der Waals surface area (Å²) in [4.78, 5) is 25.4. The number of amides is 2. The van der Waals surface area contributed by atoms with Gasteiger partial charge in [0.25, 0.3) is 0 Å². The second-order valence-corrected chi connectivity index (χ2v) is 5.08. The number of hydrogen-bond donors (Lipinski definition) is 1. The van der Waals surface area contributed by atoms with Gasteiger partial charge in [-0.15, -0.1) is 0 Å². The summed E-state index contributed by atoms with van der Waals surface area (Å²) in [6.07, 6.45) is 0.704. The van der Waals surface area contributed by atoms with Gasteiger partial charge in [-0.1, -0.05) is 25.1 Å². The first-order valence-corrected chi connectivity index (χ1v) is 6.66. The lowest BCUT2D eigenvalue weighted by molar-refractivity contribution is -0.150. The topological polar surface area (TPSA) is 49.4 Å². The van der Waals surface area contributed by atoms with Crippen LogP contribution < -0.4 is 5.32 Å². The molecule has 1 heterocycles. The van der Waals surface area contributed by atoms with Gasteiger partial charge in [-0.05, 0) is 37.0 Å². The van der Waals surface area contributed by atoms with E-state index in [4.69, 9.17) is 0 Å². The summed E-state index contributed by atoms with van der Waals surface area (Å²) in [5.41, 5.74) is 3.40.